The number of likely N-dealkylation sites (tertiary alicyclic amines) is 2. The maximum absolute atomic E-state index is 14.3. The smallest absolute Gasteiger partial charge is 0.256 e. The molecule has 2 saturated heterocycles. The van der Waals surface area contributed by atoms with Crippen molar-refractivity contribution in [3.05, 3.63) is 65.5 Å². The molecular weight excluding hydrogens is 367 g/mol. The van der Waals surface area contributed by atoms with Gasteiger partial charge in [-0.2, -0.15) is 0 Å². The number of aromatic hydroxyl groups is 1. The van der Waals surface area contributed by atoms with E-state index >= 15 is 0 Å². The van der Waals surface area contributed by atoms with Crippen LogP contribution < -0.4 is 0 Å². The zero-order chi connectivity index (χ0) is 20.4. The summed E-state index contributed by atoms with van der Waals surface area (Å²) in [5.74, 6) is -0.662. The van der Waals surface area contributed by atoms with Gasteiger partial charge in [0.1, 0.15) is 11.6 Å². The summed E-state index contributed by atoms with van der Waals surface area (Å²) >= 11 is 0. The molecule has 0 radical (unpaired) electrons. The third-order valence-corrected chi connectivity index (χ3v) is 6.59. The van der Waals surface area contributed by atoms with Crippen molar-refractivity contribution >= 4 is 5.91 Å². The van der Waals surface area contributed by atoms with Gasteiger partial charge >= 0.3 is 0 Å². The first-order chi connectivity index (χ1) is 14.0. The lowest BCUT2D eigenvalue weighted by atomic mass is 9.76. The number of phenolic OH excluding ortho intramolecular Hbond substituents is 1. The van der Waals surface area contributed by atoms with Gasteiger partial charge in [-0.05, 0) is 49.4 Å². The molecule has 4 rings (SSSR count). The second-order valence-electron chi connectivity index (χ2n) is 8.63. The Labute approximate surface area is 171 Å². The molecule has 2 aromatic carbocycles. The molecule has 0 bridgehead atoms. The highest BCUT2D eigenvalue weighted by molar-refractivity contribution is 5.95. The van der Waals surface area contributed by atoms with Gasteiger partial charge in [-0.1, -0.05) is 37.3 Å². The van der Waals surface area contributed by atoms with E-state index in [1.54, 1.807) is 0 Å². The first-order valence-electron chi connectivity index (χ1n) is 10.5. The van der Waals surface area contributed by atoms with Crippen LogP contribution >= 0.6 is 0 Å². The molecule has 5 heteroatoms. The zero-order valence-corrected chi connectivity index (χ0v) is 17.0. The van der Waals surface area contributed by atoms with E-state index in [-0.39, 0.29) is 22.6 Å². The summed E-state index contributed by atoms with van der Waals surface area (Å²) in [7, 11) is 0. The molecule has 2 aliphatic heterocycles. The fourth-order valence-corrected chi connectivity index (χ4v) is 5.17. The quantitative estimate of drug-likeness (QED) is 0.804. The van der Waals surface area contributed by atoms with Crippen LogP contribution in [-0.4, -0.2) is 53.5 Å². The van der Waals surface area contributed by atoms with E-state index in [4.69, 9.17) is 0 Å². The summed E-state index contributed by atoms with van der Waals surface area (Å²) in [5, 5.41) is 9.44. The van der Waals surface area contributed by atoms with Crippen LogP contribution in [-0.2, 0) is 6.42 Å². The summed E-state index contributed by atoms with van der Waals surface area (Å²) in [6.45, 7) is 6.64. The van der Waals surface area contributed by atoms with Crippen molar-refractivity contribution in [2.75, 3.05) is 32.7 Å². The van der Waals surface area contributed by atoms with Crippen molar-refractivity contribution in [2.45, 2.75) is 26.2 Å². The summed E-state index contributed by atoms with van der Waals surface area (Å²) in [4.78, 5) is 17.4. The fourth-order valence-electron chi connectivity index (χ4n) is 5.17. The molecule has 1 amide bonds. The monoisotopic (exact) mass is 396 g/mol. The summed E-state index contributed by atoms with van der Waals surface area (Å²) < 4.78 is 14.3. The highest BCUT2D eigenvalue weighted by Crippen LogP contribution is 2.46. The summed E-state index contributed by atoms with van der Waals surface area (Å²) in [6, 6.07) is 14.3. The Hall–Kier alpha value is -2.40. The van der Waals surface area contributed by atoms with E-state index < -0.39 is 5.82 Å². The Morgan fingerprint density at radius 2 is 1.97 bits per heavy atom. The number of nitrogens with zero attached hydrogens (tertiary/aromatic N) is 2. The fraction of sp³-hybridized carbons (Fsp3) is 0.458. The van der Waals surface area contributed by atoms with E-state index in [1.807, 2.05) is 11.0 Å². The molecule has 2 fully saturated rings. The predicted octanol–water partition coefficient (Wildman–Crippen LogP) is 3.95. The number of aryl methyl sites for hydroxylation is 1. The van der Waals surface area contributed by atoms with Crippen LogP contribution in [0.15, 0.2) is 48.5 Å². The van der Waals surface area contributed by atoms with Crippen LogP contribution in [0.2, 0.25) is 0 Å². The second kappa shape index (κ2) is 8.15. The molecule has 2 heterocycles. The lowest BCUT2D eigenvalue weighted by Crippen LogP contribution is -2.37. The topological polar surface area (TPSA) is 43.8 Å². The normalized spacial score (nSPS) is 24.1. The number of carbonyl (C=O) groups excluding carboxylic acids is 1. The van der Waals surface area contributed by atoms with E-state index in [2.05, 4.69) is 36.1 Å². The van der Waals surface area contributed by atoms with Gasteiger partial charge in [0.15, 0.2) is 0 Å². The number of benzene rings is 2. The third-order valence-electron chi connectivity index (χ3n) is 6.59. The number of carbonyl (C=O) groups is 1. The number of rotatable bonds is 6. The Morgan fingerprint density at radius 1 is 1.17 bits per heavy atom. The van der Waals surface area contributed by atoms with Crippen molar-refractivity contribution in [1.29, 1.82) is 0 Å². The van der Waals surface area contributed by atoms with Crippen LogP contribution in [0.3, 0.4) is 0 Å². The Kier molecular flexibility index (Phi) is 5.59. The van der Waals surface area contributed by atoms with E-state index in [0.29, 0.717) is 19.0 Å². The molecule has 1 N–H and O–H groups in total. The molecule has 0 aromatic heterocycles. The summed E-state index contributed by atoms with van der Waals surface area (Å²) in [5.41, 5.74) is 1.43. The maximum Gasteiger partial charge on any atom is 0.256 e. The van der Waals surface area contributed by atoms with Crippen molar-refractivity contribution in [3.63, 3.8) is 0 Å². The highest BCUT2D eigenvalue weighted by Gasteiger charge is 2.52. The Balaban J connectivity index is 1.53. The second-order valence-corrected chi connectivity index (χ2v) is 8.63. The van der Waals surface area contributed by atoms with Crippen molar-refractivity contribution in [2.24, 2.45) is 11.3 Å². The molecule has 0 spiro atoms. The number of amides is 1. The van der Waals surface area contributed by atoms with Gasteiger partial charge in [-0.25, -0.2) is 4.39 Å². The van der Waals surface area contributed by atoms with E-state index in [0.717, 1.165) is 45.0 Å². The average molecular weight is 397 g/mol. The molecule has 154 valence electrons. The number of hydrogen-bond donors (Lipinski definition) is 1. The Bertz CT molecular complexity index is 872. The molecule has 0 aliphatic carbocycles. The van der Waals surface area contributed by atoms with Crippen LogP contribution in [0.4, 0.5) is 4.39 Å². The standard InChI is InChI=1S/C24H29FN2O2/c1-2-12-26-14-19-15-27(23(29)21-9-8-20(28)13-22(21)25)17-24(19,16-26)11-10-18-6-4-3-5-7-18/h3-9,13,19,28H,2,10-12,14-17H2,1H3. The van der Waals surface area contributed by atoms with E-state index in [9.17, 15) is 14.3 Å². The van der Waals surface area contributed by atoms with Gasteiger partial charge in [0.2, 0.25) is 0 Å². The molecule has 2 aliphatic rings. The first-order valence-corrected chi connectivity index (χ1v) is 10.5. The molecular formula is C24H29FN2O2. The van der Waals surface area contributed by atoms with Crippen LogP contribution in [0.1, 0.15) is 35.7 Å². The number of halogens is 1. The highest BCUT2D eigenvalue weighted by atomic mass is 19.1. The van der Waals surface area contributed by atoms with Gasteiger partial charge in [-0.15, -0.1) is 0 Å². The average Bonchev–Trinajstić information content (AvgIpc) is 3.21. The first kappa shape index (κ1) is 19.9. The molecule has 0 saturated carbocycles. The number of phenols is 1. The van der Waals surface area contributed by atoms with Crippen LogP contribution in [0.25, 0.3) is 0 Å². The van der Waals surface area contributed by atoms with Crippen molar-refractivity contribution in [1.82, 2.24) is 9.80 Å². The largest absolute Gasteiger partial charge is 0.508 e. The third kappa shape index (κ3) is 4.01. The van der Waals surface area contributed by atoms with Gasteiger partial charge < -0.3 is 14.9 Å². The minimum atomic E-state index is -0.655. The zero-order valence-electron chi connectivity index (χ0n) is 17.0. The predicted molar refractivity (Wildman–Crippen MR) is 111 cm³/mol. The number of fused-ring (bicyclic) bond motifs is 1. The summed E-state index contributed by atoms with van der Waals surface area (Å²) in [6.07, 6.45) is 3.15. The number of hydrogen-bond acceptors (Lipinski definition) is 3. The lowest BCUT2D eigenvalue weighted by molar-refractivity contribution is 0.0752. The van der Waals surface area contributed by atoms with Gasteiger partial charge in [0.05, 0.1) is 5.56 Å². The molecule has 2 unspecified atom stereocenters. The Morgan fingerprint density at radius 3 is 2.69 bits per heavy atom. The lowest BCUT2D eigenvalue weighted by Gasteiger charge is -2.30. The SMILES string of the molecule is CCCN1CC2CN(C(=O)c3ccc(O)cc3F)CC2(CCc2ccccc2)C1. The molecule has 2 atom stereocenters. The van der Waals surface area contributed by atoms with Crippen molar-refractivity contribution in [3.8, 4) is 5.75 Å². The van der Waals surface area contributed by atoms with E-state index in [1.165, 1.54) is 17.7 Å². The van der Waals surface area contributed by atoms with Crippen LogP contribution in [0, 0.1) is 17.2 Å². The van der Waals surface area contributed by atoms with Gasteiger partial charge in [0.25, 0.3) is 5.91 Å². The van der Waals surface area contributed by atoms with Crippen molar-refractivity contribution < 1.29 is 14.3 Å². The maximum atomic E-state index is 14.3. The molecule has 29 heavy (non-hydrogen) atoms. The van der Waals surface area contributed by atoms with Gasteiger partial charge in [-0.3, -0.25) is 4.79 Å². The van der Waals surface area contributed by atoms with Gasteiger partial charge in [0, 0.05) is 37.7 Å². The molecule has 4 nitrogen and oxygen atoms in total. The van der Waals surface area contributed by atoms with Crippen LogP contribution in [0.5, 0.6) is 5.75 Å². The minimum absolute atomic E-state index is 0.0476. The molecule has 2 aromatic rings. The minimum Gasteiger partial charge on any atom is -0.508 e.